The molecule has 0 amide bonds. The highest BCUT2D eigenvalue weighted by Crippen LogP contribution is 2.31. The van der Waals surface area contributed by atoms with E-state index in [1.54, 1.807) is 7.11 Å². The third-order valence-corrected chi connectivity index (χ3v) is 5.71. The van der Waals surface area contributed by atoms with Gasteiger partial charge in [-0.1, -0.05) is 24.3 Å². The predicted octanol–water partition coefficient (Wildman–Crippen LogP) is 4.29. The summed E-state index contributed by atoms with van der Waals surface area (Å²) in [5.74, 6) is 2.75. The molecule has 1 aliphatic rings. The molecule has 1 saturated heterocycles. The Morgan fingerprint density at radius 3 is 2.55 bits per heavy atom. The van der Waals surface area contributed by atoms with Gasteiger partial charge in [0.25, 0.3) is 0 Å². The molecule has 8 heteroatoms. The van der Waals surface area contributed by atoms with E-state index in [9.17, 15) is 0 Å². The fourth-order valence-corrected chi connectivity index (χ4v) is 4.07. The first-order valence-corrected chi connectivity index (χ1v) is 11.9. The van der Waals surface area contributed by atoms with Gasteiger partial charge in [0, 0.05) is 31.4 Å². The molecule has 1 unspecified atom stereocenters. The van der Waals surface area contributed by atoms with E-state index >= 15 is 0 Å². The Kier molecular flexibility index (Phi) is 12.9. The molecule has 0 spiro atoms. The topological polar surface area (TPSA) is 73.8 Å². The molecule has 33 heavy (non-hydrogen) atoms. The van der Waals surface area contributed by atoms with Crippen LogP contribution in [0.4, 0.5) is 5.82 Å². The van der Waals surface area contributed by atoms with Crippen LogP contribution in [-0.2, 0) is 0 Å². The lowest BCUT2D eigenvalue weighted by Gasteiger charge is -2.28. The van der Waals surface area contributed by atoms with Crippen LogP contribution in [0.3, 0.4) is 0 Å². The first-order chi connectivity index (χ1) is 15.8. The number of pyridine rings is 1. The maximum absolute atomic E-state index is 5.66. The van der Waals surface area contributed by atoms with Crippen molar-refractivity contribution in [3.05, 3.63) is 54.2 Å². The Labute approximate surface area is 215 Å². The van der Waals surface area contributed by atoms with Crippen molar-refractivity contribution in [2.24, 2.45) is 4.99 Å². The number of aliphatic imine (C=N–C) groups is 1. The Hall–Kier alpha value is -2.07. The van der Waals surface area contributed by atoms with E-state index < -0.39 is 0 Å². The summed E-state index contributed by atoms with van der Waals surface area (Å²) in [7, 11) is 1.75. The number of anilines is 1. The van der Waals surface area contributed by atoms with Crippen molar-refractivity contribution in [3.8, 4) is 5.75 Å². The zero-order valence-corrected chi connectivity index (χ0v) is 22.3. The van der Waals surface area contributed by atoms with E-state index in [1.165, 1.54) is 18.4 Å². The molecule has 1 fully saturated rings. The third kappa shape index (κ3) is 9.00. The van der Waals surface area contributed by atoms with E-state index in [-0.39, 0.29) is 30.0 Å². The number of hydrogen-bond acceptors (Lipinski definition) is 5. The SMILES string of the molecule is CCNC(=NCC(c1ccccc1OC)N1CCCC1)NCCCCNc1ccccn1.I. The van der Waals surface area contributed by atoms with E-state index in [4.69, 9.17) is 9.73 Å². The average Bonchev–Trinajstić information content (AvgIpc) is 3.37. The largest absolute Gasteiger partial charge is 0.496 e. The number of benzene rings is 1. The molecular weight excluding hydrogens is 527 g/mol. The van der Waals surface area contributed by atoms with Crippen molar-refractivity contribution < 1.29 is 4.74 Å². The van der Waals surface area contributed by atoms with Gasteiger partial charge in [0.15, 0.2) is 5.96 Å². The van der Waals surface area contributed by atoms with Gasteiger partial charge in [-0.2, -0.15) is 0 Å². The normalized spacial score (nSPS) is 14.9. The summed E-state index contributed by atoms with van der Waals surface area (Å²) >= 11 is 0. The Morgan fingerprint density at radius 2 is 1.82 bits per heavy atom. The molecule has 1 aromatic carbocycles. The standard InChI is InChI=1S/C25H38N6O.HI/c1-3-26-25(29-17-9-8-16-28-24-14-6-7-15-27-24)30-20-22(31-18-10-11-19-31)21-12-4-5-13-23(21)32-2;/h4-7,12-15,22H,3,8-11,16-20H2,1-2H3,(H,27,28)(H2,26,29,30);1H. The van der Waals surface area contributed by atoms with Gasteiger partial charge < -0.3 is 20.7 Å². The number of nitrogens with one attached hydrogen (secondary N) is 3. The summed E-state index contributed by atoms with van der Waals surface area (Å²) in [6, 6.07) is 14.5. The molecular formula is C25H39IN6O. The summed E-state index contributed by atoms with van der Waals surface area (Å²) in [6.45, 7) is 7.69. The van der Waals surface area contributed by atoms with Crippen LogP contribution >= 0.6 is 24.0 Å². The van der Waals surface area contributed by atoms with Crippen molar-refractivity contribution in [1.82, 2.24) is 20.5 Å². The molecule has 1 aliphatic heterocycles. The van der Waals surface area contributed by atoms with Gasteiger partial charge in [0.05, 0.1) is 19.7 Å². The minimum atomic E-state index is 0. The average molecular weight is 567 g/mol. The molecule has 7 nitrogen and oxygen atoms in total. The van der Waals surface area contributed by atoms with Crippen LogP contribution in [0.5, 0.6) is 5.75 Å². The van der Waals surface area contributed by atoms with Crippen LogP contribution < -0.4 is 20.7 Å². The van der Waals surface area contributed by atoms with Crippen LogP contribution in [0.15, 0.2) is 53.7 Å². The van der Waals surface area contributed by atoms with E-state index in [2.05, 4.69) is 44.9 Å². The molecule has 2 aromatic rings. The molecule has 1 atom stereocenters. The quantitative estimate of drug-likeness (QED) is 0.154. The van der Waals surface area contributed by atoms with E-state index in [0.717, 1.165) is 63.1 Å². The van der Waals surface area contributed by atoms with Crippen molar-refractivity contribution in [2.45, 2.75) is 38.6 Å². The van der Waals surface area contributed by atoms with Crippen molar-refractivity contribution in [3.63, 3.8) is 0 Å². The molecule has 0 radical (unpaired) electrons. The number of rotatable bonds is 12. The minimum absolute atomic E-state index is 0. The van der Waals surface area contributed by atoms with Crippen molar-refractivity contribution in [2.75, 3.05) is 51.7 Å². The van der Waals surface area contributed by atoms with Gasteiger partial charge in [-0.05, 0) is 63.9 Å². The number of methoxy groups -OCH3 is 1. The molecule has 182 valence electrons. The number of hydrogen-bond donors (Lipinski definition) is 3. The van der Waals surface area contributed by atoms with E-state index in [0.29, 0.717) is 6.54 Å². The zero-order valence-electron chi connectivity index (χ0n) is 19.9. The van der Waals surface area contributed by atoms with Crippen LogP contribution in [0.2, 0.25) is 0 Å². The smallest absolute Gasteiger partial charge is 0.191 e. The van der Waals surface area contributed by atoms with Gasteiger partial charge in [-0.25, -0.2) is 4.98 Å². The number of ether oxygens (including phenoxy) is 1. The van der Waals surface area contributed by atoms with Crippen LogP contribution in [0.1, 0.15) is 44.2 Å². The van der Waals surface area contributed by atoms with Crippen LogP contribution in [-0.4, -0.2) is 62.2 Å². The lowest BCUT2D eigenvalue weighted by Crippen LogP contribution is -2.39. The minimum Gasteiger partial charge on any atom is -0.496 e. The molecule has 2 heterocycles. The third-order valence-electron chi connectivity index (χ3n) is 5.71. The first-order valence-electron chi connectivity index (χ1n) is 11.9. The number of guanidine groups is 1. The summed E-state index contributed by atoms with van der Waals surface area (Å²) in [5, 5.41) is 10.2. The summed E-state index contributed by atoms with van der Waals surface area (Å²) in [6.07, 6.45) is 6.44. The zero-order chi connectivity index (χ0) is 22.4. The molecule has 0 saturated carbocycles. The van der Waals surface area contributed by atoms with Gasteiger partial charge in [-0.3, -0.25) is 9.89 Å². The fraction of sp³-hybridized carbons (Fsp3) is 0.520. The number of halogens is 1. The highest BCUT2D eigenvalue weighted by molar-refractivity contribution is 14.0. The number of aromatic nitrogens is 1. The molecule has 3 rings (SSSR count). The predicted molar refractivity (Wildman–Crippen MR) is 148 cm³/mol. The number of para-hydroxylation sites is 1. The number of likely N-dealkylation sites (tertiary alicyclic amines) is 1. The maximum Gasteiger partial charge on any atom is 0.191 e. The van der Waals surface area contributed by atoms with Crippen molar-refractivity contribution in [1.29, 1.82) is 0 Å². The second-order valence-electron chi connectivity index (χ2n) is 8.00. The van der Waals surface area contributed by atoms with Crippen LogP contribution in [0, 0.1) is 0 Å². The Balaban J connectivity index is 0.00000385. The maximum atomic E-state index is 5.66. The highest BCUT2D eigenvalue weighted by Gasteiger charge is 2.25. The van der Waals surface area contributed by atoms with Gasteiger partial charge >= 0.3 is 0 Å². The summed E-state index contributed by atoms with van der Waals surface area (Å²) in [5.41, 5.74) is 1.22. The summed E-state index contributed by atoms with van der Waals surface area (Å²) in [4.78, 5) is 11.8. The van der Waals surface area contributed by atoms with Gasteiger partial charge in [0.2, 0.25) is 0 Å². The Bertz CT molecular complexity index is 814. The van der Waals surface area contributed by atoms with Crippen molar-refractivity contribution >= 4 is 35.8 Å². The second kappa shape index (κ2) is 15.7. The molecule has 0 aliphatic carbocycles. The molecule has 1 aromatic heterocycles. The van der Waals surface area contributed by atoms with E-state index in [1.807, 2.05) is 36.5 Å². The number of unbranched alkanes of at least 4 members (excludes halogenated alkanes) is 1. The van der Waals surface area contributed by atoms with Crippen LogP contribution in [0.25, 0.3) is 0 Å². The van der Waals surface area contributed by atoms with Gasteiger partial charge in [0.1, 0.15) is 11.6 Å². The first kappa shape index (κ1) is 27.2. The summed E-state index contributed by atoms with van der Waals surface area (Å²) < 4.78 is 5.66. The molecule has 3 N–H and O–H groups in total. The molecule has 0 bridgehead atoms. The highest BCUT2D eigenvalue weighted by atomic mass is 127. The Morgan fingerprint density at radius 1 is 1.06 bits per heavy atom. The monoisotopic (exact) mass is 566 g/mol. The van der Waals surface area contributed by atoms with Gasteiger partial charge in [-0.15, -0.1) is 24.0 Å². The second-order valence-corrected chi connectivity index (χ2v) is 8.00. The lowest BCUT2D eigenvalue weighted by atomic mass is 10.0. The fourth-order valence-electron chi connectivity index (χ4n) is 4.07. The lowest BCUT2D eigenvalue weighted by molar-refractivity contribution is 0.245. The number of nitrogens with zero attached hydrogens (tertiary/aromatic N) is 3.